The van der Waals surface area contributed by atoms with Gasteiger partial charge < -0.3 is 5.32 Å². The minimum atomic E-state index is 0.796. The number of rotatable bonds is 2. The molecule has 0 aliphatic carbocycles. The van der Waals surface area contributed by atoms with Gasteiger partial charge in [0.2, 0.25) is 0 Å². The molecule has 0 bridgehead atoms. The molecule has 72 valence electrons. The third-order valence-electron chi connectivity index (χ3n) is 1.97. The van der Waals surface area contributed by atoms with E-state index in [1.807, 2.05) is 20.0 Å². The Labute approximate surface area is 81.6 Å². The van der Waals surface area contributed by atoms with E-state index in [4.69, 9.17) is 0 Å². The van der Waals surface area contributed by atoms with E-state index in [0.717, 1.165) is 22.9 Å². The van der Waals surface area contributed by atoms with Crippen molar-refractivity contribution in [3.8, 4) is 11.4 Å². The van der Waals surface area contributed by atoms with E-state index < -0.39 is 0 Å². The van der Waals surface area contributed by atoms with E-state index in [9.17, 15) is 0 Å². The molecule has 5 nitrogen and oxygen atoms in total. The zero-order chi connectivity index (χ0) is 9.97. The summed E-state index contributed by atoms with van der Waals surface area (Å²) >= 11 is 0. The van der Waals surface area contributed by atoms with Gasteiger partial charge in [0.05, 0.1) is 11.4 Å². The second-order valence-electron chi connectivity index (χ2n) is 2.91. The van der Waals surface area contributed by atoms with Gasteiger partial charge in [-0.25, -0.2) is 0 Å². The topological polar surface area (TPSA) is 66.5 Å². The van der Waals surface area contributed by atoms with Crippen molar-refractivity contribution in [1.29, 1.82) is 0 Å². The van der Waals surface area contributed by atoms with Crippen molar-refractivity contribution in [1.82, 2.24) is 20.2 Å². The van der Waals surface area contributed by atoms with Crippen LogP contribution in [0.2, 0.25) is 0 Å². The van der Waals surface area contributed by atoms with Gasteiger partial charge in [0.25, 0.3) is 0 Å². The minimum absolute atomic E-state index is 0.796. The highest BCUT2D eigenvalue weighted by molar-refractivity contribution is 5.60. The van der Waals surface area contributed by atoms with Crippen molar-refractivity contribution in [2.45, 2.75) is 6.92 Å². The Morgan fingerprint density at radius 3 is 2.71 bits per heavy atom. The van der Waals surface area contributed by atoms with Gasteiger partial charge in [0.1, 0.15) is 11.5 Å². The maximum atomic E-state index is 4.23. The summed E-state index contributed by atoms with van der Waals surface area (Å²) in [6.45, 7) is 1.92. The first-order chi connectivity index (χ1) is 6.81. The van der Waals surface area contributed by atoms with Crippen molar-refractivity contribution < 1.29 is 0 Å². The Bertz CT molecular complexity index is 434. The number of aromatic nitrogens is 4. The molecule has 2 aromatic rings. The number of hydrogen-bond donors (Lipinski definition) is 2. The molecule has 0 fully saturated rings. The molecule has 2 rings (SSSR count). The molecule has 0 amide bonds. The van der Waals surface area contributed by atoms with Crippen LogP contribution in [-0.4, -0.2) is 27.2 Å². The van der Waals surface area contributed by atoms with Gasteiger partial charge in [-0.05, 0) is 6.92 Å². The zero-order valence-corrected chi connectivity index (χ0v) is 8.07. The number of aromatic amines is 1. The standard InChI is InChI=1S/C9H11N5/c1-6-9(12-4-3-11-6)7-5-8(10-2)14-13-7/h3-5H,1-2H3,(H2,10,13,14). The Morgan fingerprint density at radius 1 is 1.29 bits per heavy atom. The summed E-state index contributed by atoms with van der Waals surface area (Å²) < 4.78 is 0. The molecule has 5 heteroatoms. The molecule has 0 radical (unpaired) electrons. The fourth-order valence-electron chi connectivity index (χ4n) is 1.24. The SMILES string of the molecule is CNc1cc(-c2nccnc2C)[nH]n1. The smallest absolute Gasteiger partial charge is 0.148 e. The van der Waals surface area contributed by atoms with Crippen LogP contribution < -0.4 is 5.32 Å². The summed E-state index contributed by atoms with van der Waals surface area (Å²) in [7, 11) is 1.82. The monoisotopic (exact) mass is 189 g/mol. The molecule has 2 N–H and O–H groups in total. The van der Waals surface area contributed by atoms with Crippen molar-refractivity contribution >= 4 is 5.82 Å². The molecule has 0 aromatic carbocycles. The summed E-state index contributed by atoms with van der Waals surface area (Å²) in [4.78, 5) is 8.39. The average Bonchev–Trinajstić information content (AvgIpc) is 2.67. The van der Waals surface area contributed by atoms with Crippen molar-refractivity contribution in [3.05, 3.63) is 24.2 Å². The third kappa shape index (κ3) is 1.44. The van der Waals surface area contributed by atoms with Crippen molar-refractivity contribution in [2.24, 2.45) is 0 Å². The first-order valence-corrected chi connectivity index (χ1v) is 4.32. The van der Waals surface area contributed by atoms with E-state index in [2.05, 4.69) is 25.5 Å². The number of nitrogens with one attached hydrogen (secondary N) is 2. The average molecular weight is 189 g/mol. The molecule has 0 aliphatic heterocycles. The predicted octanol–water partition coefficient (Wildman–Crippen LogP) is 1.22. The second kappa shape index (κ2) is 3.45. The molecule has 0 saturated carbocycles. The molecule has 14 heavy (non-hydrogen) atoms. The van der Waals surface area contributed by atoms with Crippen LogP contribution in [0.5, 0.6) is 0 Å². The fraction of sp³-hybridized carbons (Fsp3) is 0.222. The normalized spacial score (nSPS) is 10.1. The second-order valence-corrected chi connectivity index (χ2v) is 2.91. The van der Waals surface area contributed by atoms with E-state index in [1.165, 1.54) is 0 Å². The summed E-state index contributed by atoms with van der Waals surface area (Å²) in [6.07, 6.45) is 3.34. The zero-order valence-electron chi connectivity index (χ0n) is 8.07. The Kier molecular flexibility index (Phi) is 2.14. The lowest BCUT2D eigenvalue weighted by molar-refractivity contribution is 1.06. The van der Waals surface area contributed by atoms with Gasteiger partial charge in [0, 0.05) is 25.5 Å². The lowest BCUT2D eigenvalue weighted by atomic mass is 10.2. The fourth-order valence-corrected chi connectivity index (χ4v) is 1.24. The summed E-state index contributed by atoms with van der Waals surface area (Å²) in [5.74, 6) is 0.796. The number of nitrogens with zero attached hydrogens (tertiary/aromatic N) is 3. The lowest BCUT2D eigenvalue weighted by Gasteiger charge is -1.98. The van der Waals surface area contributed by atoms with Gasteiger partial charge >= 0.3 is 0 Å². The minimum Gasteiger partial charge on any atom is -0.372 e. The molecular formula is C9H11N5. The van der Waals surface area contributed by atoms with E-state index >= 15 is 0 Å². The van der Waals surface area contributed by atoms with Crippen molar-refractivity contribution in [2.75, 3.05) is 12.4 Å². The van der Waals surface area contributed by atoms with Crippen LogP contribution in [0, 0.1) is 6.92 Å². The summed E-state index contributed by atoms with van der Waals surface area (Å²) in [5, 5.41) is 9.89. The van der Waals surface area contributed by atoms with Crippen LogP contribution in [-0.2, 0) is 0 Å². The van der Waals surface area contributed by atoms with Crippen LogP contribution in [0.4, 0.5) is 5.82 Å². The van der Waals surface area contributed by atoms with Gasteiger partial charge in [0.15, 0.2) is 0 Å². The molecule has 0 atom stereocenters. The number of H-pyrrole nitrogens is 1. The largest absolute Gasteiger partial charge is 0.372 e. The highest BCUT2D eigenvalue weighted by atomic mass is 15.2. The maximum absolute atomic E-state index is 4.23. The summed E-state index contributed by atoms with van der Waals surface area (Å²) in [5.41, 5.74) is 2.60. The van der Waals surface area contributed by atoms with E-state index in [1.54, 1.807) is 12.4 Å². The Balaban J connectivity index is 2.44. The molecule has 0 aliphatic rings. The third-order valence-corrected chi connectivity index (χ3v) is 1.97. The lowest BCUT2D eigenvalue weighted by Crippen LogP contribution is -1.90. The summed E-state index contributed by atoms with van der Waals surface area (Å²) in [6, 6.07) is 1.90. The first-order valence-electron chi connectivity index (χ1n) is 4.32. The Morgan fingerprint density at radius 2 is 2.07 bits per heavy atom. The van der Waals surface area contributed by atoms with Crippen LogP contribution in [0.3, 0.4) is 0 Å². The van der Waals surface area contributed by atoms with Gasteiger partial charge in [-0.3, -0.25) is 15.1 Å². The molecule has 2 aromatic heterocycles. The number of aryl methyl sites for hydroxylation is 1. The van der Waals surface area contributed by atoms with E-state index in [-0.39, 0.29) is 0 Å². The molecule has 2 heterocycles. The van der Waals surface area contributed by atoms with E-state index in [0.29, 0.717) is 0 Å². The van der Waals surface area contributed by atoms with Crippen LogP contribution in [0.1, 0.15) is 5.69 Å². The highest BCUT2D eigenvalue weighted by Crippen LogP contribution is 2.18. The Hall–Kier alpha value is -1.91. The van der Waals surface area contributed by atoms with Crippen LogP contribution >= 0.6 is 0 Å². The van der Waals surface area contributed by atoms with Crippen LogP contribution in [0.25, 0.3) is 11.4 Å². The number of hydrogen-bond acceptors (Lipinski definition) is 4. The molecular weight excluding hydrogens is 178 g/mol. The predicted molar refractivity (Wildman–Crippen MR) is 53.9 cm³/mol. The molecule has 0 spiro atoms. The molecule has 0 saturated heterocycles. The van der Waals surface area contributed by atoms with Gasteiger partial charge in [-0.2, -0.15) is 5.10 Å². The van der Waals surface area contributed by atoms with Crippen molar-refractivity contribution in [3.63, 3.8) is 0 Å². The maximum Gasteiger partial charge on any atom is 0.148 e. The highest BCUT2D eigenvalue weighted by Gasteiger charge is 2.06. The van der Waals surface area contributed by atoms with Crippen LogP contribution in [0.15, 0.2) is 18.5 Å². The molecule has 0 unspecified atom stereocenters. The quantitative estimate of drug-likeness (QED) is 0.745. The number of anilines is 1. The van der Waals surface area contributed by atoms with Gasteiger partial charge in [-0.1, -0.05) is 0 Å². The first kappa shape index (κ1) is 8.68. The van der Waals surface area contributed by atoms with Gasteiger partial charge in [-0.15, -0.1) is 0 Å².